The molecule has 1 rings (SSSR count). The van der Waals surface area contributed by atoms with E-state index >= 15 is 0 Å². The Morgan fingerprint density at radius 1 is 1.46 bits per heavy atom. The number of aromatic nitrogens is 1. The van der Waals surface area contributed by atoms with Crippen molar-refractivity contribution >= 4 is 11.8 Å². The van der Waals surface area contributed by atoms with Gasteiger partial charge in [0.1, 0.15) is 6.61 Å². The van der Waals surface area contributed by atoms with Crippen molar-refractivity contribution in [1.82, 2.24) is 4.98 Å². The summed E-state index contributed by atoms with van der Waals surface area (Å²) in [5.74, 6) is 6.63. The fourth-order valence-electron chi connectivity index (χ4n) is 0.717. The molecular weight excluding hydrogens is 182 g/mol. The summed E-state index contributed by atoms with van der Waals surface area (Å²) in [7, 11) is 1.64. The van der Waals surface area contributed by atoms with Gasteiger partial charge in [-0.3, -0.25) is 0 Å². The first-order valence-electron chi connectivity index (χ1n) is 3.92. The second-order valence-electron chi connectivity index (χ2n) is 2.24. The highest BCUT2D eigenvalue weighted by Crippen LogP contribution is 2.12. The van der Waals surface area contributed by atoms with E-state index in [4.69, 9.17) is 4.74 Å². The van der Waals surface area contributed by atoms with E-state index in [9.17, 15) is 0 Å². The van der Waals surface area contributed by atoms with Gasteiger partial charge in [-0.2, -0.15) is 0 Å². The van der Waals surface area contributed by atoms with Crippen LogP contribution in [0.25, 0.3) is 0 Å². The topological polar surface area (TPSA) is 22.1 Å². The molecule has 13 heavy (non-hydrogen) atoms. The van der Waals surface area contributed by atoms with Crippen LogP contribution in [0.4, 0.5) is 0 Å². The number of hydrogen-bond acceptors (Lipinski definition) is 3. The molecule has 0 saturated carbocycles. The molecule has 0 spiro atoms. The highest BCUT2D eigenvalue weighted by Gasteiger charge is 1.89. The van der Waals surface area contributed by atoms with Crippen molar-refractivity contribution in [3.05, 3.63) is 24.4 Å². The smallest absolute Gasteiger partial charge is 0.107 e. The lowest BCUT2D eigenvalue weighted by molar-refractivity contribution is 0.240. The molecule has 0 aliphatic heterocycles. The van der Waals surface area contributed by atoms with Crippen LogP contribution < -0.4 is 0 Å². The molecule has 0 N–H and O–H groups in total. The molecule has 68 valence electrons. The van der Waals surface area contributed by atoms with Crippen LogP contribution in [0.15, 0.2) is 29.4 Å². The monoisotopic (exact) mass is 193 g/mol. The van der Waals surface area contributed by atoms with Crippen LogP contribution in [0.5, 0.6) is 0 Å². The third kappa shape index (κ3) is 4.56. The van der Waals surface area contributed by atoms with Crippen molar-refractivity contribution in [3.8, 4) is 11.8 Å². The van der Waals surface area contributed by atoms with Gasteiger partial charge in [0.2, 0.25) is 0 Å². The van der Waals surface area contributed by atoms with Gasteiger partial charge in [-0.15, -0.1) is 0 Å². The average molecular weight is 193 g/mol. The normalized spacial score (nSPS) is 9.00. The molecule has 0 aromatic carbocycles. The van der Waals surface area contributed by atoms with Crippen molar-refractivity contribution in [2.24, 2.45) is 0 Å². The maximum absolute atomic E-state index is 4.80. The Morgan fingerprint density at radius 2 is 2.38 bits per heavy atom. The Morgan fingerprint density at radius 3 is 3.08 bits per heavy atom. The van der Waals surface area contributed by atoms with E-state index < -0.39 is 0 Å². The van der Waals surface area contributed by atoms with E-state index in [1.807, 2.05) is 18.2 Å². The minimum absolute atomic E-state index is 0.503. The quantitative estimate of drug-likeness (QED) is 0.540. The lowest BCUT2D eigenvalue weighted by Gasteiger charge is -1.93. The molecule has 0 radical (unpaired) electrons. The minimum Gasteiger partial charge on any atom is -0.372 e. The first kappa shape index (κ1) is 10.1. The second-order valence-corrected chi connectivity index (χ2v) is 3.24. The summed E-state index contributed by atoms with van der Waals surface area (Å²) in [5.41, 5.74) is 0. The van der Waals surface area contributed by atoms with Crippen molar-refractivity contribution in [2.75, 3.05) is 19.5 Å². The summed E-state index contributed by atoms with van der Waals surface area (Å²) in [6, 6.07) is 5.85. The summed E-state index contributed by atoms with van der Waals surface area (Å²) in [4.78, 5) is 4.16. The van der Waals surface area contributed by atoms with Gasteiger partial charge in [0.05, 0.1) is 10.8 Å². The Hall–Kier alpha value is -0.980. The van der Waals surface area contributed by atoms with E-state index in [0.717, 1.165) is 10.8 Å². The molecule has 1 aromatic heterocycles. The predicted molar refractivity (Wildman–Crippen MR) is 54.6 cm³/mol. The van der Waals surface area contributed by atoms with Crippen molar-refractivity contribution < 1.29 is 4.74 Å². The van der Waals surface area contributed by atoms with Crippen LogP contribution in [-0.4, -0.2) is 24.5 Å². The van der Waals surface area contributed by atoms with Crippen LogP contribution in [0, 0.1) is 11.8 Å². The van der Waals surface area contributed by atoms with Crippen LogP contribution >= 0.6 is 11.8 Å². The lowest BCUT2D eigenvalue weighted by atomic mass is 10.5. The number of methoxy groups -OCH3 is 1. The maximum Gasteiger partial charge on any atom is 0.107 e. The predicted octanol–water partition coefficient (Wildman–Crippen LogP) is 1.82. The highest BCUT2D eigenvalue weighted by atomic mass is 32.2. The Bertz CT molecular complexity index is 289. The average Bonchev–Trinajstić information content (AvgIpc) is 2.19. The van der Waals surface area contributed by atoms with Gasteiger partial charge >= 0.3 is 0 Å². The Labute approximate surface area is 82.7 Å². The molecular formula is C10H11NOS. The van der Waals surface area contributed by atoms with Gasteiger partial charge in [0.15, 0.2) is 0 Å². The Kier molecular flexibility index (Phi) is 5.07. The second kappa shape index (κ2) is 6.53. The molecule has 2 nitrogen and oxygen atoms in total. The molecule has 0 atom stereocenters. The van der Waals surface area contributed by atoms with Gasteiger partial charge in [0, 0.05) is 13.3 Å². The molecule has 0 unspecified atom stereocenters. The SMILES string of the molecule is COCC#CCSc1ccccn1. The van der Waals surface area contributed by atoms with Gasteiger partial charge in [-0.25, -0.2) is 4.98 Å². The summed E-state index contributed by atoms with van der Waals surface area (Å²) in [6.07, 6.45) is 1.78. The lowest BCUT2D eigenvalue weighted by Crippen LogP contribution is -1.82. The van der Waals surface area contributed by atoms with Crippen LogP contribution in [0.3, 0.4) is 0 Å². The third-order valence-corrected chi connectivity index (χ3v) is 2.10. The van der Waals surface area contributed by atoms with E-state index in [-0.39, 0.29) is 0 Å². The first-order chi connectivity index (χ1) is 6.43. The number of thioether (sulfide) groups is 1. The molecule has 0 amide bonds. The van der Waals surface area contributed by atoms with Gasteiger partial charge < -0.3 is 4.74 Å². The zero-order chi connectivity index (χ0) is 9.36. The molecule has 3 heteroatoms. The molecule has 0 fully saturated rings. The zero-order valence-electron chi connectivity index (χ0n) is 7.49. The number of nitrogens with zero attached hydrogens (tertiary/aromatic N) is 1. The molecule has 0 aliphatic carbocycles. The minimum atomic E-state index is 0.503. The third-order valence-electron chi connectivity index (χ3n) is 1.27. The standard InChI is InChI=1S/C10H11NOS/c1-12-8-4-5-9-13-10-6-2-3-7-11-10/h2-3,6-7H,8-9H2,1H3. The van der Waals surface area contributed by atoms with Crippen LogP contribution in [0.1, 0.15) is 0 Å². The summed E-state index contributed by atoms with van der Waals surface area (Å²) >= 11 is 1.63. The zero-order valence-corrected chi connectivity index (χ0v) is 8.30. The highest BCUT2D eigenvalue weighted by molar-refractivity contribution is 7.99. The molecule has 0 saturated heterocycles. The number of pyridine rings is 1. The van der Waals surface area contributed by atoms with Crippen molar-refractivity contribution in [3.63, 3.8) is 0 Å². The molecule has 1 aromatic rings. The van der Waals surface area contributed by atoms with Crippen molar-refractivity contribution in [1.29, 1.82) is 0 Å². The summed E-state index contributed by atoms with van der Waals surface area (Å²) in [5, 5.41) is 1.01. The van der Waals surface area contributed by atoms with Gasteiger partial charge in [0.25, 0.3) is 0 Å². The molecule has 1 heterocycles. The van der Waals surface area contributed by atoms with E-state index in [1.165, 1.54) is 0 Å². The summed E-state index contributed by atoms with van der Waals surface area (Å²) in [6.45, 7) is 0.503. The van der Waals surface area contributed by atoms with E-state index in [1.54, 1.807) is 25.1 Å². The molecule has 0 bridgehead atoms. The van der Waals surface area contributed by atoms with Gasteiger partial charge in [-0.05, 0) is 12.1 Å². The van der Waals surface area contributed by atoms with Crippen LogP contribution in [0.2, 0.25) is 0 Å². The fourth-order valence-corrected chi connectivity index (χ4v) is 1.35. The van der Waals surface area contributed by atoms with Crippen molar-refractivity contribution in [2.45, 2.75) is 5.03 Å². The number of rotatable bonds is 3. The van der Waals surface area contributed by atoms with Crippen LogP contribution in [-0.2, 0) is 4.74 Å². The van der Waals surface area contributed by atoms with E-state index in [2.05, 4.69) is 16.8 Å². The maximum atomic E-state index is 4.80. The van der Waals surface area contributed by atoms with Gasteiger partial charge in [-0.1, -0.05) is 29.7 Å². The number of hydrogen-bond donors (Lipinski definition) is 0. The first-order valence-corrected chi connectivity index (χ1v) is 4.90. The number of ether oxygens (including phenoxy) is 1. The summed E-state index contributed by atoms with van der Waals surface area (Å²) < 4.78 is 4.80. The molecule has 0 aliphatic rings. The Balaban J connectivity index is 2.25. The largest absolute Gasteiger partial charge is 0.372 e. The fraction of sp³-hybridized carbons (Fsp3) is 0.300. The van der Waals surface area contributed by atoms with E-state index in [0.29, 0.717) is 6.61 Å².